The highest BCUT2D eigenvalue weighted by Crippen LogP contribution is 2.11. The van der Waals surface area contributed by atoms with Gasteiger partial charge in [0.05, 0.1) is 17.2 Å². The summed E-state index contributed by atoms with van der Waals surface area (Å²) < 4.78 is 0. The first kappa shape index (κ1) is 14.9. The second kappa shape index (κ2) is 6.30. The molecule has 1 aromatic carbocycles. The van der Waals surface area contributed by atoms with Crippen LogP contribution in [0.4, 0.5) is 0 Å². The van der Waals surface area contributed by atoms with E-state index >= 15 is 0 Å². The molecular formula is C15H17N3O3. The molecule has 2 rings (SSSR count). The lowest BCUT2D eigenvalue weighted by Gasteiger charge is -2.19. The number of aliphatic carboxylic acids is 1. The lowest BCUT2D eigenvalue weighted by atomic mass is 9.99. The summed E-state index contributed by atoms with van der Waals surface area (Å²) in [6.07, 6.45) is 2.01. The Bertz CT molecular complexity index is 672. The molecule has 6 nitrogen and oxygen atoms in total. The van der Waals surface area contributed by atoms with Gasteiger partial charge in [-0.15, -0.1) is 0 Å². The van der Waals surface area contributed by atoms with E-state index in [1.165, 1.54) is 6.20 Å². The number of nitrogens with zero attached hydrogens (tertiary/aromatic N) is 2. The normalized spacial score (nSPS) is 13.6. The van der Waals surface area contributed by atoms with E-state index in [0.717, 1.165) is 0 Å². The Balaban J connectivity index is 2.23. The van der Waals surface area contributed by atoms with Crippen molar-refractivity contribution in [3.63, 3.8) is 0 Å². The van der Waals surface area contributed by atoms with Crippen LogP contribution < -0.4 is 5.32 Å². The molecule has 2 aromatic rings. The van der Waals surface area contributed by atoms with Gasteiger partial charge in [-0.2, -0.15) is 0 Å². The zero-order valence-electron chi connectivity index (χ0n) is 11.9. The zero-order valence-corrected chi connectivity index (χ0v) is 11.9. The summed E-state index contributed by atoms with van der Waals surface area (Å²) >= 11 is 0. The summed E-state index contributed by atoms with van der Waals surface area (Å²) in [4.78, 5) is 31.7. The van der Waals surface area contributed by atoms with Crippen molar-refractivity contribution in [3.8, 4) is 0 Å². The Morgan fingerprint density at radius 3 is 2.57 bits per heavy atom. The third kappa shape index (κ3) is 3.34. The highest BCUT2D eigenvalue weighted by Gasteiger charge is 2.26. The predicted octanol–water partition coefficient (Wildman–Crippen LogP) is 1.86. The Morgan fingerprint density at radius 1 is 1.29 bits per heavy atom. The van der Waals surface area contributed by atoms with E-state index in [9.17, 15) is 14.7 Å². The van der Waals surface area contributed by atoms with Gasteiger partial charge in [-0.05, 0) is 18.1 Å². The molecule has 0 aliphatic heterocycles. The third-order valence-corrected chi connectivity index (χ3v) is 3.45. The molecule has 110 valence electrons. The summed E-state index contributed by atoms with van der Waals surface area (Å²) in [6.45, 7) is 3.66. The molecule has 2 atom stereocenters. The molecule has 0 aliphatic rings. The summed E-state index contributed by atoms with van der Waals surface area (Å²) in [5.41, 5.74) is 1.40. The molecule has 2 N–H and O–H groups in total. The molecular weight excluding hydrogens is 270 g/mol. The largest absolute Gasteiger partial charge is 0.480 e. The van der Waals surface area contributed by atoms with Crippen LogP contribution in [0.25, 0.3) is 11.0 Å². The van der Waals surface area contributed by atoms with Gasteiger partial charge in [0.15, 0.2) is 0 Å². The van der Waals surface area contributed by atoms with Gasteiger partial charge in [-0.25, -0.2) is 9.78 Å². The number of hydrogen-bond acceptors (Lipinski definition) is 4. The van der Waals surface area contributed by atoms with Gasteiger partial charge in [0, 0.05) is 0 Å². The first-order valence-corrected chi connectivity index (χ1v) is 6.78. The smallest absolute Gasteiger partial charge is 0.326 e. The van der Waals surface area contributed by atoms with Gasteiger partial charge in [-0.1, -0.05) is 32.4 Å². The minimum Gasteiger partial charge on any atom is -0.480 e. The van der Waals surface area contributed by atoms with Crippen LogP contribution in [0.15, 0.2) is 30.5 Å². The van der Waals surface area contributed by atoms with Gasteiger partial charge in [-0.3, -0.25) is 9.78 Å². The number of carbonyl (C=O) groups excluding carboxylic acids is 1. The lowest BCUT2D eigenvalue weighted by Crippen LogP contribution is -2.45. The molecule has 0 bridgehead atoms. The van der Waals surface area contributed by atoms with Crippen molar-refractivity contribution in [2.24, 2.45) is 5.92 Å². The second-order valence-electron chi connectivity index (χ2n) is 4.92. The Morgan fingerprint density at radius 2 is 1.95 bits per heavy atom. The number of carboxylic acids is 1. The van der Waals surface area contributed by atoms with Crippen molar-refractivity contribution >= 4 is 22.9 Å². The summed E-state index contributed by atoms with van der Waals surface area (Å²) in [5, 5.41) is 11.7. The molecule has 0 unspecified atom stereocenters. The second-order valence-corrected chi connectivity index (χ2v) is 4.92. The summed E-state index contributed by atoms with van der Waals surface area (Å²) in [6, 6.07) is 6.25. The van der Waals surface area contributed by atoms with E-state index in [2.05, 4.69) is 15.3 Å². The molecule has 1 heterocycles. The van der Waals surface area contributed by atoms with Crippen molar-refractivity contribution in [2.45, 2.75) is 26.3 Å². The highest BCUT2D eigenvalue weighted by molar-refractivity contribution is 5.96. The number of para-hydroxylation sites is 2. The standard InChI is InChI=1S/C15H17N3O3/c1-3-9(2)13(15(20)21)18-14(19)12-8-16-10-6-4-5-7-11(10)17-12/h4-9,13H,3H2,1-2H3,(H,18,19)(H,20,21)/t9-,13+/m0/s1. The van der Waals surface area contributed by atoms with Gasteiger partial charge < -0.3 is 10.4 Å². The molecule has 21 heavy (non-hydrogen) atoms. The Labute approximate surface area is 122 Å². The van der Waals surface area contributed by atoms with Crippen molar-refractivity contribution < 1.29 is 14.7 Å². The first-order chi connectivity index (χ1) is 10.0. The van der Waals surface area contributed by atoms with E-state index < -0.39 is 17.9 Å². The number of benzene rings is 1. The SMILES string of the molecule is CC[C@H](C)[C@@H](NC(=O)c1cnc2ccccc2n1)C(=O)O. The Hall–Kier alpha value is -2.50. The topological polar surface area (TPSA) is 92.2 Å². The maximum Gasteiger partial charge on any atom is 0.326 e. The molecule has 0 fully saturated rings. The lowest BCUT2D eigenvalue weighted by molar-refractivity contribution is -0.140. The van der Waals surface area contributed by atoms with E-state index in [0.29, 0.717) is 17.5 Å². The molecule has 1 aromatic heterocycles. The minimum absolute atomic E-state index is 0.114. The average molecular weight is 287 g/mol. The summed E-state index contributed by atoms with van der Waals surface area (Å²) in [7, 11) is 0. The van der Waals surface area contributed by atoms with Crippen LogP contribution in [0.1, 0.15) is 30.8 Å². The number of hydrogen-bond donors (Lipinski definition) is 2. The van der Waals surface area contributed by atoms with Gasteiger partial charge in [0.1, 0.15) is 11.7 Å². The van der Waals surface area contributed by atoms with Crippen LogP contribution in [0, 0.1) is 5.92 Å². The molecule has 0 radical (unpaired) electrons. The fourth-order valence-electron chi connectivity index (χ4n) is 1.96. The van der Waals surface area contributed by atoms with Gasteiger partial charge >= 0.3 is 5.97 Å². The monoisotopic (exact) mass is 287 g/mol. The van der Waals surface area contributed by atoms with E-state index in [1.807, 2.05) is 13.0 Å². The number of rotatable bonds is 5. The van der Waals surface area contributed by atoms with Gasteiger partial charge in [0.2, 0.25) is 0 Å². The summed E-state index contributed by atoms with van der Waals surface area (Å²) in [5.74, 6) is -1.74. The highest BCUT2D eigenvalue weighted by atomic mass is 16.4. The quantitative estimate of drug-likeness (QED) is 0.875. The molecule has 0 saturated carbocycles. The van der Waals surface area contributed by atoms with Crippen molar-refractivity contribution in [1.29, 1.82) is 0 Å². The molecule has 1 amide bonds. The van der Waals surface area contributed by atoms with Crippen LogP contribution in [-0.4, -0.2) is 33.0 Å². The maximum atomic E-state index is 12.1. The van der Waals surface area contributed by atoms with E-state index in [1.54, 1.807) is 25.1 Å². The number of aromatic nitrogens is 2. The van der Waals surface area contributed by atoms with E-state index in [-0.39, 0.29) is 11.6 Å². The zero-order chi connectivity index (χ0) is 15.4. The number of carboxylic acid groups (broad SMARTS) is 1. The molecule has 0 aliphatic carbocycles. The molecule has 0 spiro atoms. The predicted molar refractivity (Wildman–Crippen MR) is 77.9 cm³/mol. The number of carbonyl (C=O) groups is 2. The first-order valence-electron chi connectivity index (χ1n) is 6.78. The number of amides is 1. The molecule has 0 saturated heterocycles. The van der Waals surface area contributed by atoms with Gasteiger partial charge in [0.25, 0.3) is 5.91 Å². The maximum absolute atomic E-state index is 12.1. The average Bonchev–Trinajstić information content (AvgIpc) is 2.50. The van der Waals surface area contributed by atoms with Crippen LogP contribution in [0.2, 0.25) is 0 Å². The number of fused-ring (bicyclic) bond motifs is 1. The van der Waals surface area contributed by atoms with Crippen molar-refractivity contribution in [3.05, 3.63) is 36.2 Å². The fraction of sp³-hybridized carbons (Fsp3) is 0.333. The Kier molecular flexibility index (Phi) is 4.47. The van der Waals surface area contributed by atoms with Crippen molar-refractivity contribution in [1.82, 2.24) is 15.3 Å². The minimum atomic E-state index is -1.05. The van der Waals surface area contributed by atoms with E-state index in [4.69, 9.17) is 0 Å². The molecule has 6 heteroatoms. The third-order valence-electron chi connectivity index (χ3n) is 3.45. The number of nitrogens with one attached hydrogen (secondary N) is 1. The van der Waals surface area contributed by atoms with Crippen LogP contribution in [-0.2, 0) is 4.79 Å². The fourth-order valence-corrected chi connectivity index (χ4v) is 1.96. The van der Waals surface area contributed by atoms with Crippen LogP contribution in [0.5, 0.6) is 0 Å². The van der Waals surface area contributed by atoms with Crippen LogP contribution in [0.3, 0.4) is 0 Å². The van der Waals surface area contributed by atoms with Crippen LogP contribution >= 0.6 is 0 Å². The van der Waals surface area contributed by atoms with Crippen molar-refractivity contribution in [2.75, 3.05) is 0 Å².